The second-order valence-electron chi connectivity index (χ2n) is 5.23. The Morgan fingerprint density at radius 1 is 1.44 bits per heavy atom. The quantitative estimate of drug-likeness (QED) is 0.726. The SMILES string of the molecule is CCC(C)CSc1ccc(CNC2CC2)c(Cl)c1. The summed E-state index contributed by atoms with van der Waals surface area (Å²) < 4.78 is 0. The third-order valence-electron chi connectivity index (χ3n) is 3.41. The maximum atomic E-state index is 6.33. The van der Waals surface area contributed by atoms with Crippen LogP contribution < -0.4 is 5.32 Å². The zero-order valence-electron chi connectivity index (χ0n) is 11.2. The lowest BCUT2D eigenvalue weighted by Crippen LogP contribution is -2.15. The molecule has 1 aliphatic carbocycles. The average molecular weight is 284 g/mol. The van der Waals surface area contributed by atoms with Crippen LogP contribution in [-0.2, 0) is 6.54 Å². The molecule has 100 valence electrons. The normalized spacial score (nSPS) is 16.8. The molecule has 1 aliphatic rings. The van der Waals surface area contributed by atoms with Gasteiger partial charge >= 0.3 is 0 Å². The van der Waals surface area contributed by atoms with E-state index in [2.05, 4.69) is 37.4 Å². The molecule has 1 saturated carbocycles. The summed E-state index contributed by atoms with van der Waals surface area (Å²) in [5, 5.41) is 4.40. The Hall–Kier alpha value is -0.180. The fraction of sp³-hybridized carbons (Fsp3) is 0.600. The molecule has 0 amide bonds. The van der Waals surface area contributed by atoms with Crippen LogP contribution >= 0.6 is 23.4 Å². The van der Waals surface area contributed by atoms with Crippen molar-refractivity contribution < 1.29 is 0 Å². The van der Waals surface area contributed by atoms with Gasteiger partial charge in [0.25, 0.3) is 0 Å². The van der Waals surface area contributed by atoms with Crippen LogP contribution in [0, 0.1) is 5.92 Å². The third-order valence-corrected chi connectivity index (χ3v) is 5.09. The number of hydrogen-bond acceptors (Lipinski definition) is 2. The summed E-state index contributed by atoms with van der Waals surface area (Å²) in [5.74, 6) is 1.94. The summed E-state index contributed by atoms with van der Waals surface area (Å²) in [4.78, 5) is 1.29. The molecular weight excluding hydrogens is 262 g/mol. The van der Waals surface area contributed by atoms with Gasteiger partial charge < -0.3 is 5.32 Å². The first-order valence-electron chi connectivity index (χ1n) is 6.83. The highest BCUT2D eigenvalue weighted by Crippen LogP contribution is 2.27. The standard InChI is InChI=1S/C15H22ClNS/c1-3-11(2)10-18-14-7-4-12(15(16)8-14)9-17-13-5-6-13/h4,7-8,11,13,17H,3,5-6,9-10H2,1-2H3. The smallest absolute Gasteiger partial charge is 0.0462 e. The van der Waals surface area contributed by atoms with Gasteiger partial charge in [-0.3, -0.25) is 0 Å². The number of benzene rings is 1. The minimum Gasteiger partial charge on any atom is -0.310 e. The molecule has 0 spiro atoms. The predicted molar refractivity (Wildman–Crippen MR) is 81.5 cm³/mol. The largest absolute Gasteiger partial charge is 0.310 e. The van der Waals surface area contributed by atoms with Gasteiger partial charge in [0.15, 0.2) is 0 Å². The number of thioether (sulfide) groups is 1. The summed E-state index contributed by atoms with van der Waals surface area (Å²) in [5.41, 5.74) is 1.22. The molecule has 3 heteroatoms. The van der Waals surface area contributed by atoms with E-state index in [0.717, 1.165) is 23.5 Å². The van der Waals surface area contributed by atoms with E-state index in [4.69, 9.17) is 11.6 Å². The van der Waals surface area contributed by atoms with E-state index in [0.29, 0.717) is 0 Å². The highest BCUT2D eigenvalue weighted by Gasteiger charge is 2.20. The van der Waals surface area contributed by atoms with E-state index >= 15 is 0 Å². The molecule has 1 aromatic rings. The Morgan fingerprint density at radius 3 is 2.83 bits per heavy atom. The van der Waals surface area contributed by atoms with Crippen molar-refractivity contribution in [2.75, 3.05) is 5.75 Å². The first-order valence-corrected chi connectivity index (χ1v) is 8.20. The third kappa shape index (κ3) is 4.49. The molecule has 0 bridgehead atoms. The van der Waals surface area contributed by atoms with Crippen LogP contribution in [0.15, 0.2) is 23.1 Å². The van der Waals surface area contributed by atoms with Gasteiger partial charge in [0.1, 0.15) is 0 Å². The van der Waals surface area contributed by atoms with E-state index in [1.807, 2.05) is 11.8 Å². The molecule has 1 unspecified atom stereocenters. The summed E-state index contributed by atoms with van der Waals surface area (Å²) in [6, 6.07) is 7.21. The molecule has 1 atom stereocenters. The van der Waals surface area contributed by atoms with Crippen molar-refractivity contribution in [2.24, 2.45) is 5.92 Å². The van der Waals surface area contributed by atoms with Crippen LogP contribution in [0.1, 0.15) is 38.7 Å². The van der Waals surface area contributed by atoms with E-state index in [1.165, 1.54) is 35.5 Å². The first-order chi connectivity index (χ1) is 8.69. The molecule has 0 radical (unpaired) electrons. The van der Waals surface area contributed by atoms with Crippen molar-refractivity contribution in [3.8, 4) is 0 Å². The average Bonchev–Trinajstić information content (AvgIpc) is 3.18. The lowest BCUT2D eigenvalue weighted by Gasteiger charge is -2.10. The molecule has 1 aromatic carbocycles. The van der Waals surface area contributed by atoms with E-state index in [9.17, 15) is 0 Å². The molecule has 18 heavy (non-hydrogen) atoms. The van der Waals surface area contributed by atoms with Gasteiger partial charge in [-0.1, -0.05) is 37.9 Å². The van der Waals surface area contributed by atoms with Gasteiger partial charge in [0, 0.05) is 28.3 Å². The Morgan fingerprint density at radius 2 is 2.22 bits per heavy atom. The van der Waals surface area contributed by atoms with Crippen molar-refractivity contribution in [3.63, 3.8) is 0 Å². The van der Waals surface area contributed by atoms with Crippen LogP contribution in [0.2, 0.25) is 5.02 Å². The predicted octanol–water partition coefficient (Wildman–Crippen LogP) is 4.73. The van der Waals surface area contributed by atoms with Crippen molar-refractivity contribution in [1.29, 1.82) is 0 Å². The Labute approximate surface area is 120 Å². The maximum absolute atomic E-state index is 6.33. The summed E-state index contributed by atoms with van der Waals surface area (Å²) in [6.07, 6.45) is 3.88. The van der Waals surface area contributed by atoms with Crippen molar-refractivity contribution in [2.45, 2.75) is 50.6 Å². The molecule has 0 aromatic heterocycles. The maximum Gasteiger partial charge on any atom is 0.0462 e. The minimum atomic E-state index is 0.737. The van der Waals surface area contributed by atoms with Gasteiger partial charge in [0.2, 0.25) is 0 Å². The van der Waals surface area contributed by atoms with Gasteiger partial charge in [-0.15, -0.1) is 11.8 Å². The highest BCUT2D eigenvalue weighted by molar-refractivity contribution is 7.99. The summed E-state index contributed by atoms with van der Waals surface area (Å²) in [7, 11) is 0. The van der Waals surface area contributed by atoms with Crippen LogP contribution in [0.25, 0.3) is 0 Å². The van der Waals surface area contributed by atoms with Crippen LogP contribution in [0.4, 0.5) is 0 Å². The Kier molecular flexibility index (Phi) is 5.40. The van der Waals surface area contributed by atoms with Gasteiger partial charge in [-0.25, -0.2) is 0 Å². The Balaban J connectivity index is 1.87. The lowest BCUT2D eigenvalue weighted by molar-refractivity contribution is 0.637. The number of halogens is 1. The van der Waals surface area contributed by atoms with Crippen LogP contribution in [0.5, 0.6) is 0 Å². The van der Waals surface area contributed by atoms with E-state index in [1.54, 1.807) is 0 Å². The Bertz CT molecular complexity index is 390. The van der Waals surface area contributed by atoms with Crippen molar-refractivity contribution in [3.05, 3.63) is 28.8 Å². The van der Waals surface area contributed by atoms with Gasteiger partial charge in [-0.2, -0.15) is 0 Å². The molecule has 1 nitrogen and oxygen atoms in total. The fourth-order valence-electron chi connectivity index (χ4n) is 1.66. The van der Waals surface area contributed by atoms with Crippen LogP contribution in [0.3, 0.4) is 0 Å². The zero-order valence-corrected chi connectivity index (χ0v) is 12.8. The molecule has 1 N–H and O–H groups in total. The molecule has 2 rings (SSSR count). The minimum absolute atomic E-state index is 0.737. The fourth-order valence-corrected chi connectivity index (χ4v) is 3.05. The molecule has 0 heterocycles. The number of rotatable bonds is 7. The molecule has 0 saturated heterocycles. The van der Waals surface area contributed by atoms with Crippen molar-refractivity contribution in [1.82, 2.24) is 5.32 Å². The van der Waals surface area contributed by atoms with Crippen molar-refractivity contribution >= 4 is 23.4 Å². The molecule has 1 fully saturated rings. The van der Waals surface area contributed by atoms with E-state index < -0.39 is 0 Å². The second-order valence-corrected chi connectivity index (χ2v) is 6.73. The number of hydrogen-bond donors (Lipinski definition) is 1. The second kappa shape index (κ2) is 6.83. The first kappa shape index (κ1) is 14.2. The molecular formula is C15H22ClNS. The zero-order chi connectivity index (χ0) is 13.0. The lowest BCUT2D eigenvalue weighted by atomic mass is 10.2. The topological polar surface area (TPSA) is 12.0 Å². The molecule has 0 aliphatic heterocycles. The summed E-state index contributed by atoms with van der Waals surface area (Å²) >= 11 is 8.24. The van der Waals surface area contributed by atoms with Gasteiger partial charge in [-0.05, 0) is 36.5 Å². The number of nitrogens with one attached hydrogen (secondary N) is 1. The monoisotopic (exact) mass is 283 g/mol. The van der Waals surface area contributed by atoms with Gasteiger partial charge in [0.05, 0.1) is 0 Å². The van der Waals surface area contributed by atoms with E-state index in [-0.39, 0.29) is 0 Å². The van der Waals surface area contributed by atoms with Crippen LogP contribution in [-0.4, -0.2) is 11.8 Å². The highest BCUT2D eigenvalue weighted by atomic mass is 35.5. The summed E-state index contributed by atoms with van der Waals surface area (Å²) in [6.45, 7) is 5.44.